The molecule has 1 N–H and O–H groups in total. The van der Waals surface area contributed by atoms with Crippen LogP contribution in [0.3, 0.4) is 0 Å². The Morgan fingerprint density at radius 3 is 2.30 bits per heavy atom. The maximum Gasteiger partial charge on any atom is 0.241 e. The zero-order valence-corrected chi connectivity index (χ0v) is 14.5. The van der Waals surface area contributed by atoms with Gasteiger partial charge < -0.3 is 10.2 Å². The van der Waals surface area contributed by atoms with Crippen molar-refractivity contribution >= 4 is 17.5 Å². The first kappa shape index (κ1) is 18.9. The van der Waals surface area contributed by atoms with Crippen LogP contribution in [0.25, 0.3) is 0 Å². The summed E-state index contributed by atoms with van der Waals surface area (Å²) in [6.45, 7) is 10.3. The maximum atomic E-state index is 12.5. The van der Waals surface area contributed by atoms with Crippen LogP contribution in [-0.2, 0) is 9.59 Å². The van der Waals surface area contributed by atoms with Crippen LogP contribution in [0.4, 0.5) is 5.69 Å². The fraction of sp³-hybridized carbons (Fsp3) is 0.444. The summed E-state index contributed by atoms with van der Waals surface area (Å²) in [5.41, 5.74) is 0.547. The van der Waals surface area contributed by atoms with E-state index in [0.717, 1.165) is 5.69 Å². The van der Waals surface area contributed by atoms with Crippen LogP contribution in [0.5, 0.6) is 0 Å². The number of nitrogens with zero attached hydrogens (tertiary/aromatic N) is 2. The number of hydrogen-bond donors (Lipinski definition) is 1. The van der Waals surface area contributed by atoms with Crippen molar-refractivity contribution in [2.75, 3.05) is 31.6 Å². The van der Waals surface area contributed by atoms with Crippen molar-refractivity contribution in [2.24, 2.45) is 0 Å². The number of anilines is 1. The molecule has 0 spiro atoms. The lowest BCUT2D eigenvalue weighted by Gasteiger charge is -2.26. The van der Waals surface area contributed by atoms with Crippen molar-refractivity contribution in [3.05, 3.63) is 43.0 Å². The Labute approximate surface area is 139 Å². The van der Waals surface area contributed by atoms with Crippen molar-refractivity contribution < 1.29 is 9.59 Å². The van der Waals surface area contributed by atoms with Gasteiger partial charge in [0.15, 0.2) is 0 Å². The highest BCUT2D eigenvalue weighted by atomic mass is 16.2. The van der Waals surface area contributed by atoms with Gasteiger partial charge in [-0.25, -0.2) is 0 Å². The number of para-hydroxylation sites is 1. The molecule has 1 aromatic rings. The average Bonchev–Trinajstić information content (AvgIpc) is 2.43. The Morgan fingerprint density at radius 2 is 1.78 bits per heavy atom. The number of rotatable bonds is 7. The van der Waals surface area contributed by atoms with Crippen molar-refractivity contribution in [1.82, 2.24) is 10.2 Å². The number of carbonyl (C=O) groups excluding carboxylic acids is 2. The second-order valence-electron chi connectivity index (χ2n) is 6.60. The molecule has 23 heavy (non-hydrogen) atoms. The highest BCUT2D eigenvalue weighted by molar-refractivity contribution is 5.95. The predicted molar refractivity (Wildman–Crippen MR) is 94.4 cm³/mol. The van der Waals surface area contributed by atoms with Gasteiger partial charge in [0.2, 0.25) is 11.8 Å². The number of amides is 2. The van der Waals surface area contributed by atoms with Crippen LogP contribution >= 0.6 is 0 Å². The standard InChI is InChI=1S/C18H27N3O2/c1-6-12-21(15-10-8-7-9-11-15)17(23)14-20(5)13-16(22)19-18(2,3)4/h6-11H,1,12-14H2,2-5H3,(H,19,22). The first-order valence-electron chi connectivity index (χ1n) is 7.69. The summed E-state index contributed by atoms with van der Waals surface area (Å²) >= 11 is 0. The molecular weight excluding hydrogens is 290 g/mol. The smallest absolute Gasteiger partial charge is 0.241 e. The molecular formula is C18H27N3O2. The van der Waals surface area contributed by atoms with Crippen LogP contribution in [0.2, 0.25) is 0 Å². The molecule has 0 aliphatic carbocycles. The molecule has 1 rings (SSSR count). The highest BCUT2D eigenvalue weighted by Crippen LogP contribution is 2.13. The van der Waals surface area contributed by atoms with Crippen LogP contribution in [0.1, 0.15) is 20.8 Å². The number of carbonyl (C=O) groups is 2. The lowest BCUT2D eigenvalue weighted by atomic mass is 10.1. The van der Waals surface area contributed by atoms with Gasteiger partial charge in [-0.05, 0) is 40.0 Å². The lowest BCUT2D eigenvalue weighted by molar-refractivity contribution is -0.124. The molecule has 0 aliphatic rings. The molecule has 1 aromatic carbocycles. The minimum atomic E-state index is -0.277. The van der Waals surface area contributed by atoms with Gasteiger partial charge in [-0.1, -0.05) is 24.3 Å². The molecule has 0 aromatic heterocycles. The van der Waals surface area contributed by atoms with E-state index in [1.807, 2.05) is 51.1 Å². The number of nitrogens with one attached hydrogen (secondary N) is 1. The Hall–Kier alpha value is -2.14. The zero-order chi connectivity index (χ0) is 17.5. The van der Waals surface area contributed by atoms with E-state index in [0.29, 0.717) is 6.54 Å². The van der Waals surface area contributed by atoms with E-state index in [-0.39, 0.29) is 30.4 Å². The predicted octanol–water partition coefficient (Wildman–Crippen LogP) is 2.05. The molecule has 0 fully saturated rings. The van der Waals surface area contributed by atoms with Gasteiger partial charge in [-0.15, -0.1) is 6.58 Å². The van der Waals surface area contributed by atoms with E-state index in [1.165, 1.54) is 0 Å². The van der Waals surface area contributed by atoms with E-state index >= 15 is 0 Å². The molecule has 0 heterocycles. The lowest BCUT2D eigenvalue weighted by Crippen LogP contribution is -2.47. The molecule has 0 unspecified atom stereocenters. The van der Waals surface area contributed by atoms with E-state index in [9.17, 15) is 9.59 Å². The molecule has 5 heteroatoms. The summed E-state index contributed by atoms with van der Waals surface area (Å²) in [6.07, 6.45) is 1.69. The van der Waals surface area contributed by atoms with Gasteiger partial charge in [0.1, 0.15) is 0 Å². The summed E-state index contributed by atoms with van der Waals surface area (Å²) in [6, 6.07) is 9.45. The molecule has 0 saturated heterocycles. The third-order valence-corrected chi connectivity index (χ3v) is 3.01. The van der Waals surface area contributed by atoms with Crippen molar-refractivity contribution in [1.29, 1.82) is 0 Å². The fourth-order valence-corrected chi connectivity index (χ4v) is 2.16. The first-order valence-corrected chi connectivity index (χ1v) is 7.69. The van der Waals surface area contributed by atoms with E-state index in [2.05, 4.69) is 11.9 Å². The highest BCUT2D eigenvalue weighted by Gasteiger charge is 2.19. The second kappa shape index (κ2) is 8.48. The van der Waals surface area contributed by atoms with Gasteiger partial charge >= 0.3 is 0 Å². The second-order valence-corrected chi connectivity index (χ2v) is 6.60. The SMILES string of the molecule is C=CCN(C(=O)CN(C)CC(=O)NC(C)(C)C)c1ccccc1. The molecule has 126 valence electrons. The van der Waals surface area contributed by atoms with Gasteiger partial charge in [-0.2, -0.15) is 0 Å². The third-order valence-electron chi connectivity index (χ3n) is 3.01. The first-order chi connectivity index (χ1) is 10.7. The maximum absolute atomic E-state index is 12.5. The normalized spacial score (nSPS) is 11.2. The van der Waals surface area contributed by atoms with Crippen LogP contribution < -0.4 is 10.2 Å². The average molecular weight is 317 g/mol. The molecule has 2 amide bonds. The minimum absolute atomic E-state index is 0.0674. The monoisotopic (exact) mass is 317 g/mol. The molecule has 0 radical (unpaired) electrons. The largest absolute Gasteiger partial charge is 0.350 e. The number of benzene rings is 1. The van der Waals surface area contributed by atoms with Crippen molar-refractivity contribution in [2.45, 2.75) is 26.3 Å². The molecule has 0 aliphatic heterocycles. The quantitative estimate of drug-likeness (QED) is 0.783. The van der Waals surface area contributed by atoms with E-state index in [4.69, 9.17) is 0 Å². The van der Waals surface area contributed by atoms with Gasteiger partial charge in [-0.3, -0.25) is 14.5 Å². The minimum Gasteiger partial charge on any atom is -0.350 e. The Balaban J connectivity index is 2.64. The van der Waals surface area contributed by atoms with Gasteiger partial charge in [0.05, 0.1) is 13.1 Å². The van der Waals surface area contributed by atoms with Crippen molar-refractivity contribution in [3.8, 4) is 0 Å². The Bertz CT molecular complexity index is 535. The van der Waals surface area contributed by atoms with Gasteiger partial charge in [0, 0.05) is 17.8 Å². The summed E-state index contributed by atoms with van der Waals surface area (Å²) < 4.78 is 0. The summed E-state index contributed by atoms with van der Waals surface area (Å²) in [4.78, 5) is 27.8. The summed E-state index contributed by atoms with van der Waals surface area (Å²) in [5, 5.41) is 2.89. The van der Waals surface area contributed by atoms with Crippen LogP contribution in [0.15, 0.2) is 43.0 Å². The van der Waals surface area contributed by atoms with Crippen LogP contribution in [0, 0.1) is 0 Å². The van der Waals surface area contributed by atoms with E-state index < -0.39 is 0 Å². The molecule has 5 nitrogen and oxygen atoms in total. The fourth-order valence-electron chi connectivity index (χ4n) is 2.16. The Kier molecular flexibility index (Phi) is 6.97. The number of hydrogen-bond acceptors (Lipinski definition) is 3. The van der Waals surface area contributed by atoms with E-state index in [1.54, 1.807) is 22.9 Å². The molecule has 0 atom stereocenters. The Morgan fingerprint density at radius 1 is 1.17 bits per heavy atom. The van der Waals surface area contributed by atoms with Gasteiger partial charge in [0.25, 0.3) is 0 Å². The summed E-state index contributed by atoms with van der Waals surface area (Å²) in [5.74, 6) is -0.162. The van der Waals surface area contributed by atoms with Crippen molar-refractivity contribution in [3.63, 3.8) is 0 Å². The zero-order valence-electron chi connectivity index (χ0n) is 14.5. The topological polar surface area (TPSA) is 52.7 Å². The third kappa shape index (κ3) is 7.10. The molecule has 0 saturated carbocycles. The number of likely N-dealkylation sites (N-methyl/N-ethyl adjacent to an activating group) is 1. The van der Waals surface area contributed by atoms with Crippen LogP contribution in [-0.4, -0.2) is 48.9 Å². The molecule has 0 bridgehead atoms. The summed E-state index contributed by atoms with van der Waals surface area (Å²) in [7, 11) is 1.76.